The first kappa shape index (κ1) is 13.9. The molecule has 1 heterocycles. The Hall–Kier alpha value is -0.130. The number of hydrogen-bond donors (Lipinski definition) is 1. The Morgan fingerprint density at radius 1 is 1.25 bits per heavy atom. The lowest BCUT2D eigenvalue weighted by molar-refractivity contribution is 0.292. The normalized spacial score (nSPS) is 20.3. The standard InChI is InChI=1S/C11H24N2O2S/c1-11(2,3)9-16(14,15)13(4)10-5-7-12-8-6-10/h10,12H,5-9H2,1-4H3. The smallest absolute Gasteiger partial charge is 0.214 e. The van der Waals surface area contributed by atoms with Gasteiger partial charge in [-0.2, -0.15) is 0 Å². The van der Waals surface area contributed by atoms with Crippen LogP contribution < -0.4 is 5.32 Å². The lowest BCUT2D eigenvalue weighted by Gasteiger charge is -2.32. The van der Waals surface area contributed by atoms with Gasteiger partial charge in [-0.15, -0.1) is 0 Å². The van der Waals surface area contributed by atoms with E-state index in [0.29, 0.717) is 0 Å². The Balaban J connectivity index is 2.67. The van der Waals surface area contributed by atoms with E-state index in [1.54, 1.807) is 11.4 Å². The summed E-state index contributed by atoms with van der Waals surface area (Å²) in [7, 11) is -1.39. The van der Waals surface area contributed by atoms with Crippen LogP contribution in [-0.2, 0) is 10.0 Å². The predicted octanol–water partition coefficient (Wildman–Crippen LogP) is 1.05. The first-order chi connectivity index (χ1) is 7.22. The minimum atomic E-state index is -3.11. The van der Waals surface area contributed by atoms with Crippen LogP contribution in [0.5, 0.6) is 0 Å². The van der Waals surface area contributed by atoms with Crippen LogP contribution in [0, 0.1) is 5.41 Å². The van der Waals surface area contributed by atoms with Crippen LogP contribution >= 0.6 is 0 Å². The third-order valence-electron chi connectivity index (χ3n) is 2.88. The van der Waals surface area contributed by atoms with Crippen molar-refractivity contribution in [2.45, 2.75) is 39.7 Å². The van der Waals surface area contributed by atoms with Crippen molar-refractivity contribution >= 4 is 10.0 Å². The van der Waals surface area contributed by atoms with E-state index < -0.39 is 10.0 Å². The van der Waals surface area contributed by atoms with Gasteiger partial charge in [0.05, 0.1) is 5.75 Å². The summed E-state index contributed by atoms with van der Waals surface area (Å²) >= 11 is 0. The first-order valence-corrected chi connectivity index (χ1v) is 7.50. The zero-order chi connectivity index (χ0) is 12.4. The van der Waals surface area contributed by atoms with Crippen molar-refractivity contribution in [1.82, 2.24) is 9.62 Å². The number of rotatable bonds is 3. The molecule has 0 bridgehead atoms. The highest BCUT2D eigenvalue weighted by atomic mass is 32.2. The minimum Gasteiger partial charge on any atom is -0.317 e. The molecule has 16 heavy (non-hydrogen) atoms. The van der Waals surface area contributed by atoms with E-state index >= 15 is 0 Å². The second kappa shape index (κ2) is 5.02. The van der Waals surface area contributed by atoms with E-state index in [0.717, 1.165) is 25.9 Å². The van der Waals surface area contributed by atoms with Crippen LogP contribution in [0.1, 0.15) is 33.6 Å². The Morgan fingerprint density at radius 3 is 2.19 bits per heavy atom. The van der Waals surface area contributed by atoms with Gasteiger partial charge < -0.3 is 5.32 Å². The summed E-state index contributed by atoms with van der Waals surface area (Å²) in [6, 6.07) is 0.175. The molecule has 1 aliphatic heterocycles. The molecule has 0 aromatic carbocycles. The van der Waals surface area contributed by atoms with Crippen molar-refractivity contribution in [3.8, 4) is 0 Å². The Morgan fingerprint density at radius 2 is 1.75 bits per heavy atom. The van der Waals surface area contributed by atoms with Crippen molar-refractivity contribution < 1.29 is 8.42 Å². The third-order valence-corrected chi connectivity index (χ3v) is 5.28. The third kappa shape index (κ3) is 4.03. The van der Waals surface area contributed by atoms with Crippen LogP contribution in [0.2, 0.25) is 0 Å². The molecule has 1 saturated heterocycles. The van der Waals surface area contributed by atoms with Gasteiger partial charge in [0.15, 0.2) is 0 Å². The highest BCUT2D eigenvalue weighted by Gasteiger charge is 2.30. The van der Waals surface area contributed by atoms with Crippen LogP contribution in [0.3, 0.4) is 0 Å². The molecule has 1 fully saturated rings. The van der Waals surface area contributed by atoms with Gasteiger partial charge in [0.1, 0.15) is 0 Å². The monoisotopic (exact) mass is 248 g/mol. The molecule has 0 unspecified atom stereocenters. The van der Waals surface area contributed by atoms with Crippen molar-refractivity contribution in [1.29, 1.82) is 0 Å². The van der Waals surface area contributed by atoms with Crippen LogP contribution in [0.15, 0.2) is 0 Å². The lowest BCUT2D eigenvalue weighted by atomic mass is 10.0. The summed E-state index contributed by atoms with van der Waals surface area (Å²) in [4.78, 5) is 0. The Labute approximate surface area is 99.5 Å². The largest absolute Gasteiger partial charge is 0.317 e. The molecule has 0 radical (unpaired) electrons. The summed E-state index contributed by atoms with van der Waals surface area (Å²) < 4.78 is 25.9. The van der Waals surface area contributed by atoms with E-state index in [9.17, 15) is 8.42 Å². The maximum atomic E-state index is 12.2. The highest BCUT2D eigenvalue weighted by molar-refractivity contribution is 7.89. The number of hydrogen-bond acceptors (Lipinski definition) is 3. The van der Waals surface area contributed by atoms with Gasteiger partial charge in [0.25, 0.3) is 0 Å². The Kier molecular flexibility index (Phi) is 4.37. The van der Waals surface area contributed by atoms with Crippen LogP contribution in [-0.4, -0.2) is 44.7 Å². The molecule has 1 aliphatic rings. The first-order valence-electron chi connectivity index (χ1n) is 5.89. The molecule has 5 heteroatoms. The molecule has 0 aliphatic carbocycles. The summed E-state index contributed by atoms with van der Waals surface area (Å²) in [6.45, 7) is 7.71. The fourth-order valence-electron chi connectivity index (χ4n) is 2.05. The molecule has 1 rings (SSSR count). The summed E-state index contributed by atoms with van der Waals surface area (Å²) in [5.74, 6) is 0.223. The number of nitrogens with one attached hydrogen (secondary N) is 1. The molecule has 1 N–H and O–H groups in total. The quantitative estimate of drug-likeness (QED) is 0.812. The molecule has 96 valence electrons. The van der Waals surface area contributed by atoms with E-state index in [2.05, 4.69) is 5.32 Å². The number of nitrogens with zero attached hydrogens (tertiary/aromatic N) is 1. The molecular weight excluding hydrogens is 224 g/mol. The number of sulfonamides is 1. The fraction of sp³-hybridized carbons (Fsp3) is 1.00. The van der Waals surface area contributed by atoms with E-state index in [4.69, 9.17) is 0 Å². The second-order valence-corrected chi connectivity index (χ2v) is 7.84. The van der Waals surface area contributed by atoms with E-state index in [1.807, 2.05) is 20.8 Å². The van der Waals surface area contributed by atoms with E-state index in [1.165, 1.54) is 0 Å². The van der Waals surface area contributed by atoms with Gasteiger partial charge in [-0.05, 0) is 31.3 Å². The Bertz CT molecular complexity index is 313. The predicted molar refractivity (Wildman–Crippen MR) is 66.9 cm³/mol. The summed E-state index contributed by atoms with van der Waals surface area (Å²) in [6.07, 6.45) is 1.83. The maximum absolute atomic E-state index is 12.2. The molecule has 0 aromatic heterocycles. The second-order valence-electron chi connectivity index (χ2n) is 5.81. The molecule has 0 atom stereocenters. The van der Waals surface area contributed by atoms with Crippen LogP contribution in [0.4, 0.5) is 0 Å². The van der Waals surface area contributed by atoms with Crippen LogP contribution in [0.25, 0.3) is 0 Å². The molecule has 0 saturated carbocycles. The lowest BCUT2D eigenvalue weighted by Crippen LogP contribution is -2.46. The van der Waals surface area contributed by atoms with Gasteiger partial charge in [0, 0.05) is 13.1 Å². The van der Waals surface area contributed by atoms with Crippen molar-refractivity contribution in [2.75, 3.05) is 25.9 Å². The fourth-order valence-corrected chi connectivity index (χ4v) is 4.01. The summed E-state index contributed by atoms with van der Waals surface area (Å²) in [5.41, 5.74) is -0.181. The zero-order valence-electron chi connectivity index (χ0n) is 10.8. The average molecular weight is 248 g/mol. The molecule has 4 nitrogen and oxygen atoms in total. The number of piperidine rings is 1. The van der Waals surface area contributed by atoms with Crippen molar-refractivity contribution in [3.63, 3.8) is 0 Å². The molecule has 0 amide bonds. The van der Waals surface area contributed by atoms with Crippen molar-refractivity contribution in [2.24, 2.45) is 5.41 Å². The highest BCUT2D eigenvalue weighted by Crippen LogP contribution is 2.21. The minimum absolute atomic E-state index is 0.175. The topological polar surface area (TPSA) is 49.4 Å². The molecule has 0 aromatic rings. The summed E-state index contributed by atoms with van der Waals surface area (Å²) in [5, 5.41) is 3.25. The van der Waals surface area contributed by atoms with E-state index in [-0.39, 0.29) is 17.2 Å². The van der Waals surface area contributed by atoms with Crippen molar-refractivity contribution in [3.05, 3.63) is 0 Å². The SMILES string of the molecule is CN(C1CCNCC1)S(=O)(=O)CC(C)(C)C. The zero-order valence-corrected chi connectivity index (χ0v) is 11.6. The maximum Gasteiger partial charge on any atom is 0.214 e. The van der Waals surface area contributed by atoms with Gasteiger partial charge in [-0.25, -0.2) is 12.7 Å². The molecule has 0 spiro atoms. The average Bonchev–Trinajstić information content (AvgIpc) is 2.14. The van der Waals surface area contributed by atoms with Gasteiger partial charge in [-0.1, -0.05) is 20.8 Å². The van der Waals surface area contributed by atoms with Gasteiger partial charge >= 0.3 is 0 Å². The van der Waals surface area contributed by atoms with Gasteiger partial charge in [0.2, 0.25) is 10.0 Å². The van der Waals surface area contributed by atoms with Gasteiger partial charge in [-0.3, -0.25) is 0 Å². The molecular formula is C11H24N2O2S.